The third-order valence-corrected chi connectivity index (χ3v) is 6.60. The molecule has 0 saturated heterocycles. The number of benzene rings is 2. The molecule has 7 nitrogen and oxygen atoms in total. The van der Waals surface area contributed by atoms with Crippen molar-refractivity contribution in [2.24, 2.45) is 0 Å². The lowest BCUT2D eigenvalue weighted by Gasteiger charge is -2.32. The second-order valence-electron chi connectivity index (χ2n) is 7.53. The van der Waals surface area contributed by atoms with Gasteiger partial charge in [-0.15, -0.1) is 0 Å². The fourth-order valence-corrected chi connectivity index (χ4v) is 4.36. The van der Waals surface area contributed by atoms with E-state index in [-0.39, 0.29) is 12.5 Å². The first-order chi connectivity index (χ1) is 15.1. The minimum Gasteiger partial charge on any atom is -0.355 e. The van der Waals surface area contributed by atoms with Crippen molar-refractivity contribution < 1.29 is 18.0 Å². The fraction of sp³-hybridized carbons (Fsp3) is 0.391. The van der Waals surface area contributed by atoms with E-state index in [2.05, 4.69) is 5.32 Å². The van der Waals surface area contributed by atoms with Gasteiger partial charge in [-0.2, -0.15) is 0 Å². The molecule has 0 radical (unpaired) electrons. The summed E-state index contributed by atoms with van der Waals surface area (Å²) in [6.07, 6.45) is 1.43. The van der Waals surface area contributed by atoms with Crippen LogP contribution >= 0.6 is 11.6 Å². The lowest BCUT2D eigenvalue weighted by Crippen LogP contribution is -2.52. The molecule has 2 aromatic rings. The number of rotatable bonds is 10. The molecule has 2 amide bonds. The van der Waals surface area contributed by atoms with E-state index in [0.29, 0.717) is 23.7 Å². The molecular weight excluding hydrogens is 450 g/mol. The Morgan fingerprint density at radius 1 is 1.09 bits per heavy atom. The third-order valence-electron chi connectivity index (χ3n) is 5.06. The van der Waals surface area contributed by atoms with Crippen LogP contribution in [-0.2, 0) is 26.2 Å². The summed E-state index contributed by atoms with van der Waals surface area (Å²) in [7, 11) is -3.79. The lowest BCUT2D eigenvalue weighted by atomic mass is 10.1. The van der Waals surface area contributed by atoms with Gasteiger partial charge in [-0.3, -0.25) is 13.9 Å². The van der Waals surface area contributed by atoms with Crippen molar-refractivity contribution in [2.45, 2.75) is 39.8 Å². The molecule has 1 atom stereocenters. The van der Waals surface area contributed by atoms with Crippen LogP contribution in [0.4, 0.5) is 5.69 Å². The highest BCUT2D eigenvalue weighted by molar-refractivity contribution is 7.92. The van der Waals surface area contributed by atoms with Gasteiger partial charge in [0, 0.05) is 18.1 Å². The van der Waals surface area contributed by atoms with Gasteiger partial charge < -0.3 is 10.2 Å². The number of hydrogen-bond donors (Lipinski definition) is 1. The Balaban J connectivity index is 2.42. The van der Waals surface area contributed by atoms with Gasteiger partial charge in [-0.1, -0.05) is 54.9 Å². The number of nitrogens with zero attached hydrogens (tertiary/aromatic N) is 2. The molecule has 0 aliphatic carbocycles. The fourth-order valence-electron chi connectivity index (χ4n) is 3.34. The molecular formula is C23H30ClN3O4S. The van der Waals surface area contributed by atoms with Gasteiger partial charge in [-0.05, 0) is 43.5 Å². The number of sulfonamides is 1. The summed E-state index contributed by atoms with van der Waals surface area (Å²) in [6.45, 7) is 5.60. The average molecular weight is 480 g/mol. The number of halogens is 1. The van der Waals surface area contributed by atoms with Gasteiger partial charge in [0.15, 0.2) is 0 Å². The van der Waals surface area contributed by atoms with Crippen LogP contribution in [0, 0.1) is 6.92 Å². The number of aryl methyl sites for hydroxylation is 1. The van der Waals surface area contributed by atoms with Crippen LogP contribution < -0.4 is 9.62 Å². The lowest BCUT2D eigenvalue weighted by molar-refractivity contribution is -0.140. The zero-order valence-corrected chi connectivity index (χ0v) is 20.4. The largest absolute Gasteiger partial charge is 0.355 e. The Labute approximate surface area is 195 Å². The topological polar surface area (TPSA) is 86.8 Å². The van der Waals surface area contributed by atoms with E-state index in [9.17, 15) is 18.0 Å². The molecule has 32 heavy (non-hydrogen) atoms. The van der Waals surface area contributed by atoms with Crippen molar-refractivity contribution in [3.05, 3.63) is 64.7 Å². The first-order valence-corrected chi connectivity index (χ1v) is 12.7. The van der Waals surface area contributed by atoms with Gasteiger partial charge in [-0.25, -0.2) is 8.42 Å². The molecule has 0 aliphatic rings. The average Bonchev–Trinajstić information content (AvgIpc) is 2.74. The SMILES string of the molecule is CCNC(=O)C(CC)N(Cc1ccccc1)C(=O)CN(c1ccc(C)c(Cl)c1)S(C)(=O)=O. The number of carbonyl (C=O) groups excluding carboxylic acids is 2. The summed E-state index contributed by atoms with van der Waals surface area (Å²) in [5.74, 6) is -0.752. The van der Waals surface area contributed by atoms with Crippen LogP contribution in [0.1, 0.15) is 31.4 Å². The van der Waals surface area contributed by atoms with Gasteiger partial charge in [0.25, 0.3) is 0 Å². The van der Waals surface area contributed by atoms with Crippen molar-refractivity contribution >= 4 is 39.1 Å². The quantitative estimate of drug-likeness (QED) is 0.566. The summed E-state index contributed by atoms with van der Waals surface area (Å²) in [5, 5.41) is 3.17. The van der Waals surface area contributed by atoms with Crippen LogP contribution in [0.5, 0.6) is 0 Å². The summed E-state index contributed by atoms with van der Waals surface area (Å²) in [6, 6.07) is 13.4. The summed E-state index contributed by atoms with van der Waals surface area (Å²) in [5.41, 5.74) is 1.93. The van der Waals surface area contributed by atoms with E-state index in [1.807, 2.05) is 44.2 Å². The zero-order chi connectivity index (χ0) is 23.9. The number of anilines is 1. The maximum Gasteiger partial charge on any atom is 0.244 e. The Bertz CT molecular complexity index is 1040. The second kappa shape index (κ2) is 11.3. The molecule has 1 N–H and O–H groups in total. The molecule has 2 aromatic carbocycles. The smallest absolute Gasteiger partial charge is 0.244 e. The summed E-state index contributed by atoms with van der Waals surface area (Å²) >= 11 is 6.19. The van der Waals surface area contributed by atoms with Gasteiger partial charge in [0.1, 0.15) is 12.6 Å². The molecule has 0 heterocycles. The van der Waals surface area contributed by atoms with Gasteiger partial charge >= 0.3 is 0 Å². The van der Waals surface area contributed by atoms with Crippen LogP contribution in [0.25, 0.3) is 0 Å². The highest BCUT2D eigenvalue weighted by Gasteiger charge is 2.31. The van der Waals surface area contributed by atoms with Crippen molar-refractivity contribution in [3.8, 4) is 0 Å². The maximum atomic E-state index is 13.4. The van der Waals surface area contributed by atoms with E-state index < -0.39 is 28.5 Å². The molecule has 0 aromatic heterocycles. The first-order valence-electron chi connectivity index (χ1n) is 10.4. The maximum absolute atomic E-state index is 13.4. The molecule has 0 spiro atoms. The number of hydrogen-bond acceptors (Lipinski definition) is 4. The number of nitrogens with one attached hydrogen (secondary N) is 1. The monoisotopic (exact) mass is 479 g/mol. The Kier molecular flexibility index (Phi) is 9.09. The molecule has 0 saturated carbocycles. The normalized spacial score (nSPS) is 12.2. The molecule has 1 unspecified atom stereocenters. The van der Waals surface area contributed by atoms with E-state index in [1.165, 1.54) is 11.0 Å². The van der Waals surface area contributed by atoms with E-state index in [4.69, 9.17) is 11.6 Å². The van der Waals surface area contributed by atoms with Crippen LogP contribution in [0.2, 0.25) is 5.02 Å². The highest BCUT2D eigenvalue weighted by Crippen LogP contribution is 2.25. The Morgan fingerprint density at radius 3 is 2.28 bits per heavy atom. The zero-order valence-electron chi connectivity index (χ0n) is 18.8. The van der Waals surface area contributed by atoms with Crippen molar-refractivity contribution in [1.29, 1.82) is 0 Å². The first kappa shape index (κ1) is 25.7. The predicted molar refractivity (Wildman–Crippen MR) is 128 cm³/mol. The van der Waals surface area contributed by atoms with Crippen molar-refractivity contribution in [2.75, 3.05) is 23.7 Å². The van der Waals surface area contributed by atoms with E-state index in [0.717, 1.165) is 21.7 Å². The predicted octanol–water partition coefficient (Wildman–Crippen LogP) is 3.36. The van der Waals surface area contributed by atoms with E-state index in [1.54, 1.807) is 19.1 Å². The molecule has 174 valence electrons. The number of likely N-dealkylation sites (N-methyl/N-ethyl adjacent to an activating group) is 1. The molecule has 0 fully saturated rings. The van der Waals surface area contributed by atoms with Crippen LogP contribution in [0.3, 0.4) is 0 Å². The van der Waals surface area contributed by atoms with Crippen LogP contribution in [0.15, 0.2) is 48.5 Å². The minimum atomic E-state index is -3.79. The summed E-state index contributed by atoms with van der Waals surface area (Å²) < 4.78 is 26.1. The number of amides is 2. The summed E-state index contributed by atoms with van der Waals surface area (Å²) in [4.78, 5) is 27.6. The van der Waals surface area contributed by atoms with Gasteiger partial charge in [0.05, 0.1) is 11.9 Å². The highest BCUT2D eigenvalue weighted by atomic mass is 35.5. The Morgan fingerprint density at radius 2 is 1.75 bits per heavy atom. The van der Waals surface area contributed by atoms with Crippen molar-refractivity contribution in [3.63, 3.8) is 0 Å². The molecule has 9 heteroatoms. The molecule has 0 aliphatic heterocycles. The third kappa shape index (κ3) is 6.71. The molecule has 0 bridgehead atoms. The minimum absolute atomic E-state index is 0.182. The second-order valence-corrected chi connectivity index (χ2v) is 9.84. The standard InChI is InChI=1S/C23H30ClN3O4S/c1-5-21(23(29)25-6-2)26(15-18-10-8-7-9-11-18)22(28)16-27(32(4,30)31)19-13-12-17(3)20(24)14-19/h7-14,21H,5-6,15-16H2,1-4H3,(H,25,29). The van der Waals surface area contributed by atoms with Crippen molar-refractivity contribution in [1.82, 2.24) is 10.2 Å². The van der Waals surface area contributed by atoms with Crippen LogP contribution in [-0.4, -0.2) is 50.5 Å². The van der Waals surface area contributed by atoms with E-state index >= 15 is 0 Å². The molecule has 2 rings (SSSR count). The van der Waals surface area contributed by atoms with Gasteiger partial charge in [0.2, 0.25) is 21.8 Å². The Hall–Kier alpha value is -2.58. The number of carbonyl (C=O) groups is 2.